The first kappa shape index (κ1) is 12.6. The largest absolute Gasteiger partial charge is 0.455 e. The van der Waals surface area contributed by atoms with Gasteiger partial charge in [-0.25, -0.2) is 4.79 Å². The molecule has 4 nitrogen and oxygen atoms in total. The number of hydrogen-bond acceptors (Lipinski definition) is 4. The normalized spacial score (nSPS) is 10.8. The van der Waals surface area contributed by atoms with Gasteiger partial charge >= 0.3 is 5.97 Å². The minimum absolute atomic E-state index is 0.467. The highest BCUT2D eigenvalue weighted by atomic mass is 79.9. The van der Waals surface area contributed by atoms with Gasteiger partial charge in [0.15, 0.2) is 0 Å². The van der Waals surface area contributed by atoms with Crippen LogP contribution in [0, 0.1) is 0 Å². The molecule has 1 aromatic heterocycles. The van der Waals surface area contributed by atoms with Crippen molar-refractivity contribution in [2.45, 2.75) is 6.92 Å². The van der Waals surface area contributed by atoms with Crippen molar-refractivity contribution < 1.29 is 14.0 Å². The van der Waals surface area contributed by atoms with E-state index in [0.717, 1.165) is 15.8 Å². The first-order valence-electron chi connectivity index (χ1n) is 5.22. The number of hydrogen-bond donors (Lipinski definition) is 0. The Balaban J connectivity index is 2.12. The molecule has 0 radical (unpaired) electrons. The van der Waals surface area contributed by atoms with E-state index in [2.05, 4.69) is 25.9 Å². The molecule has 18 heavy (non-hydrogen) atoms. The Labute approximate surface area is 112 Å². The molecule has 0 saturated heterocycles. The van der Waals surface area contributed by atoms with Crippen LogP contribution >= 0.6 is 15.9 Å². The summed E-state index contributed by atoms with van der Waals surface area (Å²) in [6.07, 6.45) is 1.35. The lowest BCUT2D eigenvalue weighted by atomic mass is 10.2. The number of nitrogens with zero attached hydrogens (tertiary/aromatic N) is 1. The number of furan rings is 1. The van der Waals surface area contributed by atoms with Gasteiger partial charge in [-0.05, 0) is 24.3 Å². The minimum atomic E-state index is -0.467. The second-order valence-corrected chi connectivity index (χ2v) is 4.44. The third kappa shape index (κ3) is 3.30. The van der Waals surface area contributed by atoms with E-state index < -0.39 is 5.97 Å². The molecule has 0 unspecified atom stereocenters. The van der Waals surface area contributed by atoms with Gasteiger partial charge in [0.2, 0.25) is 0 Å². The number of halogens is 1. The summed E-state index contributed by atoms with van der Waals surface area (Å²) in [6.45, 7) is 1.28. The molecule has 2 aromatic rings. The predicted octanol–water partition coefficient (Wildman–Crippen LogP) is 3.61. The van der Waals surface area contributed by atoms with Crippen molar-refractivity contribution in [1.82, 2.24) is 0 Å². The van der Waals surface area contributed by atoms with E-state index in [4.69, 9.17) is 4.42 Å². The van der Waals surface area contributed by atoms with Gasteiger partial charge in [-0.15, -0.1) is 0 Å². The molecule has 0 fully saturated rings. The van der Waals surface area contributed by atoms with Gasteiger partial charge in [0.1, 0.15) is 17.7 Å². The van der Waals surface area contributed by atoms with E-state index in [9.17, 15) is 4.79 Å². The highest BCUT2D eigenvalue weighted by Crippen LogP contribution is 2.23. The lowest BCUT2D eigenvalue weighted by molar-refractivity contribution is -0.140. The Morgan fingerprint density at radius 3 is 2.67 bits per heavy atom. The first-order valence-corrected chi connectivity index (χ1v) is 6.01. The van der Waals surface area contributed by atoms with Crippen LogP contribution in [0.1, 0.15) is 12.7 Å². The van der Waals surface area contributed by atoms with Crippen LogP contribution in [0.25, 0.3) is 11.3 Å². The fourth-order valence-electron chi connectivity index (χ4n) is 1.34. The molecule has 5 heteroatoms. The molecule has 0 aliphatic heterocycles. The van der Waals surface area contributed by atoms with E-state index in [0.29, 0.717) is 5.76 Å². The van der Waals surface area contributed by atoms with E-state index in [1.807, 2.05) is 30.3 Å². The Hall–Kier alpha value is -1.88. The van der Waals surface area contributed by atoms with Crippen LogP contribution in [0.4, 0.5) is 0 Å². The second-order valence-electron chi connectivity index (χ2n) is 3.53. The zero-order valence-electron chi connectivity index (χ0n) is 9.59. The van der Waals surface area contributed by atoms with E-state index >= 15 is 0 Å². The van der Waals surface area contributed by atoms with E-state index in [1.54, 1.807) is 6.07 Å². The number of oxime groups is 1. The predicted molar refractivity (Wildman–Crippen MR) is 71.2 cm³/mol. The zero-order valence-corrected chi connectivity index (χ0v) is 11.2. The molecule has 0 aliphatic carbocycles. The molecule has 0 N–H and O–H groups in total. The molecule has 0 bridgehead atoms. The third-order valence-electron chi connectivity index (χ3n) is 2.12. The summed E-state index contributed by atoms with van der Waals surface area (Å²) in [5.74, 6) is 0.784. The molecule has 1 heterocycles. The van der Waals surface area contributed by atoms with Gasteiger partial charge < -0.3 is 9.25 Å². The zero-order chi connectivity index (χ0) is 13.0. The van der Waals surface area contributed by atoms with E-state index in [-0.39, 0.29) is 0 Å². The topological polar surface area (TPSA) is 51.8 Å². The van der Waals surface area contributed by atoms with Crippen LogP contribution in [-0.4, -0.2) is 12.2 Å². The van der Waals surface area contributed by atoms with Crippen molar-refractivity contribution in [2.24, 2.45) is 5.16 Å². The van der Waals surface area contributed by atoms with Crippen molar-refractivity contribution in [2.75, 3.05) is 0 Å². The standard InChI is InChI=1S/C13H10BrNO3/c1-9(16)18-15-8-12-6-7-13(17-12)10-2-4-11(14)5-3-10/h2-8H,1H3/b15-8+. The summed E-state index contributed by atoms with van der Waals surface area (Å²) in [5, 5.41) is 3.49. The minimum Gasteiger partial charge on any atom is -0.455 e. The van der Waals surface area contributed by atoms with Crippen molar-refractivity contribution in [3.63, 3.8) is 0 Å². The second kappa shape index (κ2) is 5.64. The number of benzene rings is 1. The first-order chi connectivity index (χ1) is 8.65. The summed E-state index contributed by atoms with van der Waals surface area (Å²) in [6, 6.07) is 11.3. The molecule has 0 amide bonds. The molecule has 0 spiro atoms. The highest BCUT2D eigenvalue weighted by Gasteiger charge is 2.03. The fraction of sp³-hybridized carbons (Fsp3) is 0.0769. The maximum atomic E-state index is 10.5. The van der Waals surface area contributed by atoms with E-state index in [1.165, 1.54) is 13.1 Å². The van der Waals surface area contributed by atoms with Gasteiger partial charge in [0.05, 0.1) is 0 Å². The van der Waals surface area contributed by atoms with Crippen LogP contribution < -0.4 is 0 Å². The van der Waals surface area contributed by atoms with Crippen molar-refractivity contribution in [1.29, 1.82) is 0 Å². The molecule has 1 aromatic carbocycles. The van der Waals surface area contributed by atoms with Crippen molar-refractivity contribution >= 4 is 28.1 Å². The summed E-state index contributed by atoms with van der Waals surface area (Å²) in [7, 11) is 0. The smallest absolute Gasteiger partial charge is 0.331 e. The van der Waals surface area contributed by atoms with Gasteiger partial charge in [-0.1, -0.05) is 33.2 Å². The molecule has 2 rings (SSSR count). The molecular weight excluding hydrogens is 298 g/mol. The van der Waals surface area contributed by atoms with Crippen LogP contribution in [0.2, 0.25) is 0 Å². The van der Waals surface area contributed by atoms with Gasteiger partial charge in [0.25, 0.3) is 0 Å². The Morgan fingerprint density at radius 2 is 2.00 bits per heavy atom. The lowest BCUT2D eigenvalue weighted by Gasteiger charge is -1.96. The van der Waals surface area contributed by atoms with Crippen LogP contribution in [0.15, 0.2) is 50.4 Å². The van der Waals surface area contributed by atoms with Crippen LogP contribution in [0.3, 0.4) is 0 Å². The Bertz CT molecular complexity index is 572. The Morgan fingerprint density at radius 1 is 1.28 bits per heavy atom. The summed E-state index contributed by atoms with van der Waals surface area (Å²) >= 11 is 3.37. The molecule has 0 aliphatic rings. The summed E-state index contributed by atoms with van der Waals surface area (Å²) in [5.41, 5.74) is 0.963. The van der Waals surface area contributed by atoms with Gasteiger partial charge in [0, 0.05) is 17.0 Å². The molecular formula is C13H10BrNO3. The highest BCUT2D eigenvalue weighted by molar-refractivity contribution is 9.10. The lowest BCUT2D eigenvalue weighted by Crippen LogP contribution is -1.90. The average Bonchev–Trinajstić information content (AvgIpc) is 2.78. The number of carbonyl (C=O) groups is 1. The monoisotopic (exact) mass is 307 g/mol. The van der Waals surface area contributed by atoms with Crippen LogP contribution in [0.5, 0.6) is 0 Å². The fourth-order valence-corrected chi connectivity index (χ4v) is 1.61. The van der Waals surface area contributed by atoms with Crippen molar-refractivity contribution in [3.8, 4) is 11.3 Å². The number of rotatable bonds is 3. The van der Waals surface area contributed by atoms with Crippen molar-refractivity contribution in [3.05, 3.63) is 46.6 Å². The third-order valence-corrected chi connectivity index (χ3v) is 2.65. The molecule has 0 saturated carbocycles. The quantitative estimate of drug-likeness (QED) is 0.494. The molecule has 0 atom stereocenters. The maximum Gasteiger partial charge on any atom is 0.331 e. The maximum absolute atomic E-state index is 10.5. The van der Waals surface area contributed by atoms with Crippen LogP contribution in [-0.2, 0) is 9.63 Å². The average molecular weight is 308 g/mol. The number of carbonyl (C=O) groups excluding carboxylic acids is 1. The van der Waals surface area contributed by atoms with Gasteiger partial charge in [-0.3, -0.25) is 0 Å². The summed E-state index contributed by atoms with van der Waals surface area (Å²) in [4.78, 5) is 15.0. The summed E-state index contributed by atoms with van der Waals surface area (Å²) < 4.78 is 6.54. The van der Waals surface area contributed by atoms with Gasteiger partial charge in [-0.2, -0.15) is 0 Å². The molecule has 92 valence electrons. The Kier molecular flexibility index (Phi) is 3.94. The SMILES string of the molecule is CC(=O)O/N=C/c1ccc(-c2ccc(Br)cc2)o1.